The number of halogens is 1. The average Bonchev–Trinajstić information content (AvgIpc) is 2.84. The van der Waals surface area contributed by atoms with Crippen molar-refractivity contribution < 1.29 is 4.79 Å². The van der Waals surface area contributed by atoms with Gasteiger partial charge in [-0.1, -0.05) is 31.4 Å². The van der Waals surface area contributed by atoms with Crippen LogP contribution in [-0.4, -0.2) is 12.5 Å². The van der Waals surface area contributed by atoms with Gasteiger partial charge in [0.05, 0.1) is 0 Å². The SMILES string of the molecule is CCC1(CNC(=O)c2cc(N)cc(Cl)c2)CCCC1. The van der Waals surface area contributed by atoms with E-state index < -0.39 is 0 Å². The number of nitrogens with two attached hydrogens (primary N) is 1. The van der Waals surface area contributed by atoms with Gasteiger partial charge in [-0.15, -0.1) is 0 Å². The van der Waals surface area contributed by atoms with E-state index in [0.29, 0.717) is 21.7 Å². The van der Waals surface area contributed by atoms with Gasteiger partial charge in [-0.2, -0.15) is 0 Å². The van der Waals surface area contributed by atoms with E-state index in [1.165, 1.54) is 25.7 Å². The lowest BCUT2D eigenvalue weighted by Gasteiger charge is -2.27. The summed E-state index contributed by atoms with van der Waals surface area (Å²) in [5.41, 5.74) is 7.05. The van der Waals surface area contributed by atoms with Crippen molar-refractivity contribution in [1.82, 2.24) is 5.32 Å². The van der Waals surface area contributed by atoms with Crippen molar-refractivity contribution in [3.05, 3.63) is 28.8 Å². The van der Waals surface area contributed by atoms with Gasteiger partial charge in [0.1, 0.15) is 0 Å². The third-order valence-electron chi connectivity index (χ3n) is 4.22. The van der Waals surface area contributed by atoms with Crippen molar-refractivity contribution in [3.63, 3.8) is 0 Å². The molecular formula is C15H21ClN2O. The van der Waals surface area contributed by atoms with Crippen LogP contribution in [0.15, 0.2) is 18.2 Å². The molecule has 0 aliphatic heterocycles. The van der Waals surface area contributed by atoms with Crippen molar-refractivity contribution in [2.75, 3.05) is 12.3 Å². The van der Waals surface area contributed by atoms with Gasteiger partial charge in [0.15, 0.2) is 0 Å². The maximum absolute atomic E-state index is 12.1. The summed E-state index contributed by atoms with van der Waals surface area (Å²) in [7, 11) is 0. The van der Waals surface area contributed by atoms with Gasteiger partial charge < -0.3 is 11.1 Å². The van der Waals surface area contributed by atoms with Crippen molar-refractivity contribution in [2.45, 2.75) is 39.0 Å². The molecule has 1 fully saturated rings. The Morgan fingerprint density at radius 2 is 2.05 bits per heavy atom. The summed E-state index contributed by atoms with van der Waals surface area (Å²) >= 11 is 5.92. The zero-order chi connectivity index (χ0) is 13.9. The van der Waals surface area contributed by atoms with Crippen LogP contribution in [0.4, 0.5) is 5.69 Å². The van der Waals surface area contributed by atoms with Crippen LogP contribution in [0.2, 0.25) is 5.02 Å². The topological polar surface area (TPSA) is 55.1 Å². The molecule has 2 rings (SSSR count). The van der Waals surface area contributed by atoms with E-state index in [2.05, 4.69) is 12.2 Å². The fourth-order valence-corrected chi connectivity index (χ4v) is 3.14. The smallest absolute Gasteiger partial charge is 0.251 e. The van der Waals surface area contributed by atoms with Gasteiger partial charge in [0.2, 0.25) is 0 Å². The van der Waals surface area contributed by atoms with Gasteiger partial charge in [-0.05, 0) is 42.9 Å². The molecule has 4 heteroatoms. The predicted octanol–water partition coefficient (Wildman–Crippen LogP) is 3.62. The summed E-state index contributed by atoms with van der Waals surface area (Å²) in [6, 6.07) is 4.96. The van der Waals surface area contributed by atoms with Crippen molar-refractivity contribution in [1.29, 1.82) is 0 Å². The number of hydrogen-bond donors (Lipinski definition) is 2. The normalized spacial score (nSPS) is 17.4. The molecule has 0 radical (unpaired) electrons. The maximum Gasteiger partial charge on any atom is 0.251 e. The Hall–Kier alpha value is -1.22. The monoisotopic (exact) mass is 280 g/mol. The molecule has 1 aliphatic rings. The zero-order valence-electron chi connectivity index (χ0n) is 11.3. The maximum atomic E-state index is 12.1. The zero-order valence-corrected chi connectivity index (χ0v) is 12.1. The van der Waals surface area contributed by atoms with Crippen molar-refractivity contribution in [2.24, 2.45) is 5.41 Å². The van der Waals surface area contributed by atoms with Gasteiger partial charge in [-0.25, -0.2) is 0 Å². The Bertz CT molecular complexity index is 447. The summed E-state index contributed by atoms with van der Waals surface area (Å²) in [4.78, 5) is 12.1. The molecule has 0 unspecified atom stereocenters. The molecule has 3 N–H and O–H groups in total. The Labute approximate surface area is 119 Å². The molecule has 19 heavy (non-hydrogen) atoms. The quantitative estimate of drug-likeness (QED) is 0.828. The van der Waals surface area contributed by atoms with Crippen LogP contribution in [0.25, 0.3) is 0 Å². The van der Waals surface area contributed by atoms with E-state index in [-0.39, 0.29) is 5.91 Å². The lowest BCUT2D eigenvalue weighted by atomic mass is 9.83. The van der Waals surface area contributed by atoms with Crippen LogP contribution in [0, 0.1) is 5.41 Å². The number of nitrogen functional groups attached to an aromatic ring is 1. The van der Waals surface area contributed by atoms with Crippen LogP contribution in [0.3, 0.4) is 0 Å². The first-order valence-corrected chi connectivity index (χ1v) is 7.27. The van der Waals surface area contributed by atoms with Gasteiger partial charge in [0.25, 0.3) is 5.91 Å². The second kappa shape index (κ2) is 5.83. The number of rotatable bonds is 4. The summed E-state index contributed by atoms with van der Waals surface area (Å²) in [5, 5.41) is 3.53. The van der Waals surface area contributed by atoms with Crippen molar-refractivity contribution >= 4 is 23.2 Å². The first-order chi connectivity index (χ1) is 9.04. The van der Waals surface area contributed by atoms with Crippen LogP contribution in [0.5, 0.6) is 0 Å². The first kappa shape index (κ1) is 14.2. The first-order valence-electron chi connectivity index (χ1n) is 6.89. The van der Waals surface area contributed by atoms with Crippen molar-refractivity contribution in [3.8, 4) is 0 Å². The molecule has 1 amide bonds. The third kappa shape index (κ3) is 3.41. The molecule has 1 aliphatic carbocycles. The highest BCUT2D eigenvalue weighted by molar-refractivity contribution is 6.31. The molecule has 3 nitrogen and oxygen atoms in total. The van der Waals surface area contributed by atoms with Gasteiger partial charge in [0, 0.05) is 22.8 Å². The second-order valence-corrected chi connectivity index (χ2v) is 5.95. The van der Waals surface area contributed by atoms with Gasteiger partial charge >= 0.3 is 0 Å². The lowest BCUT2D eigenvalue weighted by molar-refractivity contribution is 0.0929. The Balaban J connectivity index is 2.01. The molecule has 0 saturated heterocycles. The van der Waals surface area contributed by atoms with E-state index in [0.717, 1.165) is 13.0 Å². The molecule has 104 valence electrons. The Morgan fingerprint density at radius 3 is 2.63 bits per heavy atom. The summed E-state index contributed by atoms with van der Waals surface area (Å²) in [6.45, 7) is 2.95. The van der Waals surface area contributed by atoms with Crippen LogP contribution < -0.4 is 11.1 Å². The summed E-state index contributed by atoms with van der Waals surface area (Å²) < 4.78 is 0. The van der Waals surface area contributed by atoms with Crippen LogP contribution in [0.1, 0.15) is 49.4 Å². The second-order valence-electron chi connectivity index (χ2n) is 5.52. The fourth-order valence-electron chi connectivity index (χ4n) is 2.89. The Morgan fingerprint density at radius 1 is 1.37 bits per heavy atom. The van der Waals surface area contributed by atoms with Gasteiger partial charge in [-0.3, -0.25) is 4.79 Å². The number of carbonyl (C=O) groups excluding carboxylic acids is 1. The number of benzene rings is 1. The third-order valence-corrected chi connectivity index (χ3v) is 4.44. The highest BCUT2D eigenvalue weighted by Gasteiger charge is 2.32. The van der Waals surface area contributed by atoms with E-state index >= 15 is 0 Å². The van der Waals surface area contributed by atoms with Crippen LogP contribution in [-0.2, 0) is 0 Å². The predicted molar refractivity (Wildman–Crippen MR) is 79.4 cm³/mol. The average molecular weight is 281 g/mol. The molecule has 0 bridgehead atoms. The number of hydrogen-bond acceptors (Lipinski definition) is 2. The molecule has 0 spiro atoms. The standard InChI is InChI=1S/C15H21ClN2O/c1-2-15(5-3-4-6-15)10-18-14(19)11-7-12(16)9-13(17)8-11/h7-9H,2-6,10,17H2,1H3,(H,18,19). The van der Waals surface area contributed by atoms with E-state index in [1.807, 2.05) is 0 Å². The highest BCUT2D eigenvalue weighted by atomic mass is 35.5. The molecule has 1 aromatic rings. The lowest BCUT2D eigenvalue weighted by Crippen LogP contribution is -2.35. The van der Waals surface area contributed by atoms with E-state index in [1.54, 1.807) is 18.2 Å². The Kier molecular flexibility index (Phi) is 4.35. The molecule has 0 atom stereocenters. The summed E-state index contributed by atoms with van der Waals surface area (Å²) in [6.07, 6.45) is 6.08. The minimum absolute atomic E-state index is 0.0890. The highest BCUT2D eigenvalue weighted by Crippen LogP contribution is 2.40. The molecule has 0 aromatic heterocycles. The minimum atomic E-state index is -0.0890. The van der Waals surface area contributed by atoms with E-state index in [9.17, 15) is 4.79 Å². The number of amides is 1. The molecule has 1 saturated carbocycles. The number of nitrogens with one attached hydrogen (secondary N) is 1. The molecule has 1 aromatic carbocycles. The fraction of sp³-hybridized carbons (Fsp3) is 0.533. The minimum Gasteiger partial charge on any atom is -0.399 e. The number of carbonyl (C=O) groups is 1. The summed E-state index contributed by atoms with van der Waals surface area (Å²) in [5.74, 6) is -0.0890. The number of anilines is 1. The molecular weight excluding hydrogens is 260 g/mol. The van der Waals surface area contributed by atoms with Crippen LogP contribution >= 0.6 is 11.6 Å². The van der Waals surface area contributed by atoms with E-state index in [4.69, 9.17) is 17.3 Å². The largest absolute Gasteiger partial charge is 0.399 e. The molecule has 0 heterocycles.